The van der Waals surface area contributed by atoms with Crippen LogP contribution in [-0.4, -0.2) is 32.5 Å². The number of hydrogen-bond donors (Lipinski definition) is 4. The second-order valence-corrected chi connectivity index (χ2v) is 7.43. The third-order valence-corrected chi connectivity index (χ3v) is 5.29. The molecular weight excluding hydrogens is 372 g/mol. The van der Waals surface area contributed by atoms with Crippen LogP contribution in [0.4, 0.5) is 17.1 Å². The Morgan fingerprint density at radius 1 is 1.25 bits per heavy atom. The molecular formula is C21H29ClN6. The number of nitrogens with two attached hydrogens (primary N) is 3. The highest BCUT2D eigenvalue weighted by molar-refractivity contribution is 6.30. The predicted octanol–water partition coefficient (Wildman–Crippen LogP) is 2.80. The van der Waals surface area contributed by atoms with Crippen molar-refractivity contribution < 1.29 is 0 Å². The Hall–Kier alpha value is -2.25. The van der Waals surface area contributed by atoms with Crippen LogP contribution in [-0.2, 0) is 0 Å². The fraction of sp³-hybridized carbons (Fsp3) is 0.333. The summed E-state index contributed by atoms with van der Waals surface area (Å²) in [6.45, 7) is 3.18. The summed E-state index contributed by atoms with van der Waals surface area (Å²) in [5, 5.41) is 3.78. The van der Waals surface area contributed by atoms with Crippen molar-refractivity contribution in [1.82, 2.24) is 5.32 Å². The molecule has 0 bridgehead atoms. The second-order valence-electron chi connectivity index (χ2n) is 7.00. The van der Waals surface area contributed by atoms with E-state index in [1.165, 1.54) is 0 Å². The summed E-state index contributed by atoms with van der Waals surface area (Å²) in [4.78, 5) is 4.35. The average molecular weight is 401 g/mol. The van der Waals surface area contributed by atoms with Gasteiger partial charge in [0.15, 0.2) is 0 Å². The highest BCUT2D eigenvalue weighted by atomic mass is 35.5. The lowest BCUT2D eigenvalue weighted by Gasteiger charge is -2.34. The Kier molecular flexibility index (Phi) is 6.46. The normalized spacial score (nSPS) is 18.5. The summed E-state index contributed by atoms with van der Waals surface area (Å²) in [6, 6.07) is 14.2. The molecule has 2 atom stereocenters. The van der Waals surface area contributed by atoms with E-state index >= 15 is 0 Å². The van der Waals surface area contributed by atoms with Crippen molar-refractivity contribution in [2.75, 3.05) is 29.9 Å². The van der Waals surface area contributed by atoms with Gasteiger partial charge < -0.3 is 32.3 Å². The molecule has 0 aromatic heterocycles. The third-order valence-electron chi connectivity index (χ3n) is 5.04. The van der Waals surface area contributed by atoms with Gasteiger partial charge in [-0.15, -0.1) is 0 Å². The van der Waals surface area contributed by atoms with E-state index in [4.69, 9.17) is 28.8 Å². The molecule has 7 N–H and O–H groups in total. The molecule has 1 aliphatic rings. The van der Waals surface area contributed by atoms with E-state index < -0.39 is 0 Å². The number of benzene rings is 2. The van der Waals surface area contributed by atoms with Gasteiger partial charge in [0.1, 0.15) is 0 Å². The maximum absolute atomic E-state index is 6.49. The molecule has 7 heteroatoms. The molecule has 150 valence electrons. The van der Waals surface area contributed by atoms with Gasteiger partial charge in [-0.2, -0.15) is 0 Å². The first-order valence-corrected chi connectivity index (χ1v) is 9.87. The van der Waals surface area contributed by atoms with Crippen molar-refractivity contribution in [3.63, 3.8) is 0 Å². The largest absolute Gasteiger partial charge is 0.394 e. The van der Waals surface area contributed by atoms with E-state index in [1.54, 1.807) is 0 Å². The van der Waals surface area contributed by atoms with Crippen LogP contribution in [0.5, 0.6) is 0 Å². The Bertz CT molecular complexity index is 833. The molecule has 0 aliphatic carbocycles. The zero-order valence-corrected chi connectivity index (χ0v) is 17.2. The molecule has 0 saturated heterocycles. The van der Waals surface area contributed by atoms with Crippen molar-refractivity contribution in [3.05, 3.63) is 59.3 Å². The molecule has 1 aliphatic heterocycles. The minimum atomic E-state index is -0.202. The third kappa shape index (κ3) is 4.10. The minimum Gasteiger partial charge on any atom is -0.394 e. The van der Waals surface area contributed by atoms with E-state index in [0.29, 0.717) is 11.6 Å². The van der Waals surface area contributed by atoms with Crippen molar-refractivity contribution in [2.24, 2.45) is 17.2 Å². The first-order valence-electron chi connectivity index (χ1n) is 9.49. The minimum absolute atomic E-state index is 0.163. The number of halogens is 1. The van der Waals surface area contributed by atoms with Gasteiger partial charge in [0.05, 0.1) is 23.7 Å². The highest BCUT2D eigenvalue weighted by Crippen LogP contribution is 2.40. The highest BCUT2D eigenvalue weighted by Gasteiger charge is 2.28. The second kappa shape index (κ2) is 8.84. The summed E-state index contributed by atoms with van der Waals surface area (Å²) in [7, 11) is 1.87. The van der Waals surface area contributed by atoms with Gasteiger partial charge in [0, 0.05) is 37.0 Å². The molecule has 0 saturated carbocycles. The van der Waals surface area contributed by atoms with Gasteiger partial charge in [-0.25, -0.2) is 0 Å². The maximum atomic E-state index is 6.49. The first-order chi connectivity index (χ1) is 13.5. The van der Waals surface area contributed by atoms with Gasteiger partial charge in [-0.05, 0) is 60.9 Å². The van der Waals surface area contributed by atoms with Crippen LogP contribution in [0.2, 0.25) is 5.02 Å². The number of rotatable bonds is 5. The van der Waals surface area contributed by atoms with Crippen LogP contribution in [0.1, 0.15) is 18.9 Å². The maximum Gasteiger partial charge on any atom is 0.0804 e. The summed E-state index contributed by atoms with van der Waals surface area (Å²) in [5.74, 6) is 0. The van der Waals surface area contributed by atoms with Gasteiger partial charge in [0.25, 0.3) is 0 Å². The van der Waals surface area contributed by atoms with Crippen LogP contribution in [0, 0.1) is 0 Å². The lowest BCUT2D eigenvalue weighted by atomic mass is 10.0. The summed E-state index contributed by atoms with van der Waals surface area (Å²) in [5.41, 5.74) is 24.0. The molecule has 2 unspecified atom stereocenters. The zero-order chi connectivity index (χ0) is 20.3. The topological polar surface area (TPSA) is 96.6 Å². The molecule has 6 nitrogen and oxygen atoms in total. The van der Waals surface area contributed by atoms with Gasteiger partial charge in [0.2, 0.25) is 0 Å². The Morgan fingerprint density at radius 3 is 2.57 bits per heavy atom. The summed E-state index contributed by atoms with van der Waals surface area (Å²) >= 11 is 6.10. The smallest absolute Gasteiger partial charge is 0.0804 e. The Morgan fingerprint density at radius 2 is 1.96 bits per heavy atom. The van der Waals surface area contributed by atoms with E-state index in [1.807, 2.05) is 44.4 Å². The standard InChI is InChI=1S/C21H29ClN6/c1-14(24)28-19-8-3-15(16(12-23)13-26-2)11-20(19)27(10-9-21(28)25)18-6-4-17(22)5-7-18/h3-8,11,13-14,21,26H,9-10,12,23-25H2,1-2H3/b16-13+. The molecule has 3 rings (SSSR count). The van der Waals surface area contributed by atoms with E-state index in [0.717, 1.165) is 41.2 Å². The number of fused-ring (bicyclic) bond motifs is 1. The fourth-order valence-corrected chi connectivity index (χ4v) is 3.83. The van der Waals surface area contributed by atoms with Crippen LogP contribution < -0.4 is 32.3 Å². The molecule has 2 aromatic rings. The molecule has 2 aromatic carbocycles. The van der Waals surface area contributed by atoms with Crippen LogP contribution in [0.25, 0.3) is 5.57 Å². The van der Waals surface area contributed by atoms with Gasteiger partial charge >= 0.3 is 0 Å². The van der Waals surface area contributed by atoms with Crippen molar-refractivity contribution in [1.29, 1.82) is 0 Å². The zero-order valence-electron chi connectivity index (χ0n) is 16.4. The van der Waals surface area contributed by atoms with Gasteiger partial charge in [-0.3, -0.25) is 0 Å². The number of nitrogens with one attached hydrogen (secondary N) is 1. The summed E-state index contributed by atoms with van der Waals surface area (Å²) < 4.78 is 0. The van der Waals surface area contributed by atoms with Gasteiger partial charge in [-0.1, -0.05) is 17.7 Å². The Labute approximate surface area is 171 Å². The van der Waals surface area contributed by atoms with Crippen LogP contribution in [0.15, 0.2) is 48.7 Å². The lowest BCUT2D eigenvalue weighted by molar-refractivity contribution is 0.528. The molecule has 1 heterocycles. The quantitative estimate of drug-likeness (QED) is 0.616. The lowest BCUT2D eigenvalue weighted by Crippen LogP contribution is -2.51. The van der Waals surface area contributed by atoms with Crippen molar-refractivity contribution >= 4 is 34.2 Å². The monoisotopic (exact) mass is 400 g/mol. The molecule has 0 spiro atoms. The molecule has 0 radical (unpaired) electrons. The number of hydrogen-bond acceptors (Lipinski definition) is 6. The fourth-order valence-electron chi connectivity index (χ4n) is 3.70. The molecule has 0 fully saturated rings. The number of nitrogens with zero attached hydrogens (tertiary/aromatic N) is 2. The van der Waals surface area contributed by atoms with Crippen LogP contribution >= 0.6 is 11.6 Å². The Balaban J connectivity index is 2.18. The summed E-state index contributed by atoms with van der Waals surface area (Å²) in [6.07, 6.45) is 2.35. The van der Waals surface area contributed by atoms with Crippen molar-refractivity contribution in [3.8, 4) is 0 Å². The predicted molar refractivity (Wildman–Crippen MR) is 120 cm³/mol. The van der Waals surface area contributed by atoms with Crippen molar-refractivity contribution in [2.45, 2.75) is 25.7 Å². The molecule has 0 amide bonds. The van der Waals surface area contributed by atoms with E-state index in [2.05, 4.69) is 33.3 Å². The van der Waals surface area contributed by atoms with E-state index in [-0.39, 0.29) is 12.3 Å². The van der Waals surface area contributed by atoms with Crippen LogP contribution in [0.3, 0.4) is 0 Å². The SMILES string of the molecule is CN/C=C(\CN)c1ccc2c(c1)N(c1ccc(Cl)cc1)CCC(N)N2C(C)N. The average Bonchev–Trinajstić information content (AvgIpc) is 2.82. The number of anilines is 3. The molecule has 28 heavy (non-hydrogen) atoms. The van der Waals surface area contributed by atoms with E-state index in [9.17, 15) is 0 Å². The first kappa shape index (κ1) is 20.5.